The standard InChI is InChI=1S/C15H16Cl2F2N2O4/c1-15(12(22)23)2-3-21(7-15)14(24)20-6-8-4-9(16)5-10(17)11(8)25-13(18)19/h4-5,13H,2-3,6-7H2,1H3,(H,20,24)(H,22,23). The number of hydrogen-bond acceptors (Lipinski definition) is 3. The second kappa shape index (κ2) is 7.61. The Labute approximate surface area is 152 Å². The van der Waals surface area contributed by atoms with E-state index >= 15 is 0 Å². The third-order valence-electron chi connectivity index (χ3n) is 4.00. The summed E-state index contributed by atoms with van der Waals surface area (Å²) >= 11 is 11.7. The number of benzene rings is 1. The molecule has 0 bridgehead atoms. The van der Waals surface area contributed by atoms with Gasteiger partial charge in [0.15, 0.2) is 0 Å². The van der Waals surface area contributed by atoms with Gasteiger partial charge in [-0.15, -0.1) is 0 Å². The molecule has 0 aromatic heterocycles. The number of carboxylic acid groups (broad SMARTS) is 1. The fourth-order valence-corrected chi connectivity index (χ4v) is 3.14. The predicted octanol–water partition coefficient (Wildman–Crippen LogP) is 3.60. The monoisotopic (exact) mass is 396 g/mol. The van der Waals surface area contributed by atoms with Crippen molar-refractivity contribution in [2.45, 2.75) is 26.5 Å². The quantitative estimate of drug-likeness (QED) is 0.796. The molecule has 1 unspecified atom stereocenters. The van der Waals surface area contributed by atoms with Crippen molar-refractivity contribution in [1.29, 1.82) is 0 Å². The summed E-state index contributed by atoms with van der Waals surface area (Å²) in [5.41, 5.74) is -0.813. The third-order valence-corrected chi connectivity index (χ3v) is 4.50. The van der Waals surface area contributed by atoms with Crippen molar-refractivity contribution in [3.05, 3.63) is 27.7 Å². The number of alkyl halides is 2. The number of nitrogens with one attached hydrogen (secondary N) is 1. The van der Waals surface area contributed by atoms with Gasteiger partial charge in [0.05, 0.1) is 10.4 Å². The Balaban J connectivity index is 2.06. The molecule has 1 fully saturated rings. The number of halogens is 4. The van der Waals surface area contributed by atoms with E-state index in [9.17, 15) is 23.5 Å². The lowest BCUT2D eigenvalue weighted by Gasteiger charge is -2.21. The van der Waals surface area contributed by atoms with Crippen molar-refractivity contribution in [1.82, 2.24) is 10.2 Å². The van der Waals surface area contributed by atoms with Gasteiger partial charge in [0.1, 0.15) is 5.75 Å². The minimum atomic E-state index is -3.08. The number of hydrogen-bond donors (Lipinski definition) is 2. The van der Waals surface area contributed by atoms with E-state index in [0.29, 0.717) is 6.42 Å². The van der Waals surface area contributed by atoms with E-state index in [4.69, 9.17) is 23.2 Å². The van der Waals surface area contributed by atoms with Crippen LogP contribution in [0.5, 0.6) is 5.75 Å². The van der Waals surface area contributed by atoms with Gasteiger partial charge in [-0.2, -0.15) is 8.78 Å². The van der Waals surface area contributed by atoms with Crippen LogP contribution in [0, 0.1) is 5.41 Å². The van der Waals surface area contributed by atoms with Crippen molar-refractivity contribution in [3.63, 3.8) is 0 Å². The Kier molecular flexibility index (Phi) is 5.95. The zero-order chi connectivity index (χ0) is 18.8. The maximum atomic E-state index is 12.5. The first-order chi connectivity index (χ1) is 11.6. The molecular weight excluding hydrogens is 381 g/mol. The lowest BCUT2D eigenvalue weighted by Crippen LogP contribution is -2.40. The van der Waals surface area contributed by atoms with Gasteiger partial charge in [-0.3, -0.25) is 4.79 Å². The van der Waals surface area contributed by atoms with Gasteiger partial charge < -0.3 is 20.1 Å². The number of ether oxygens (including phenoxy) is 1. The number of urea groups is 1. The van der Waals surface area contributed by atoms with Crippen molar-refractivity contribution in [2.24, 2.45) is 5.41 Å². The van der Waals surface area contributed by atoms with Crippen LogP contribution in [0.25, 0.3) is 0 Å². The van der Waals surface area contributed by atoms with Crippen LogP contribution < -0.4 is 10.1 Å². The molecule has 0 aliphatic carbocycles. The van der Waals surface area contributed by atoms with Crippen LogP contribution in [0.4, 0.5) is 13.6 Å². The second-order valence-corrected chi connectivity index (χ2v) is 6.79. The fraction of sp³-hybridized carbons (Fsp3) is 0.467. The molecule has 6 nitrogen and oxygen atoms in total. The summed E-state index contributed by atoms with van der Waals surface area (Å²) in [6, 6.07) is 2.10. The minimum absolute atomic E-state index is 0.0604. The van der Waals surface area contributed by atoms with Crippen LogP contribution in [-0.2, 0) is 11.3 Å². The van der Waals surface area contributed by atoms with E-state index in [-0.39, 0.29) is 41.0 Å². The molecular formula is C15H16Cl2F2N2O4. The highest BCUT2D eigenvalue weighted by atomic mass is 35.5. The highest BCUT2D eigenvalue weighted by Crippen LogP contribution is 2.34. The van der Waals surface area contributed by atoms with Crippen LogP contribution in [-0.4, -0.2) is 41.7 Å². The zero-order valence-electron chi connectivity index (χ0n) is 13.2. The van der Waals surface area contributed by atoms with E-state index in [1.54, 1.807) is 6.92 Å². The Morgan fingerprint density at radius 2 is 2.12 bits per heavy atom. The normalized spacial score (nSPS) is 20.0. The van der Waals surface area contributed by atoms with Crippen LogP contribution in [0.1, 0.15) is 18.9 Å². The summed E-state index contributed by atoms with van der Waals surface area (Å²) in [4.78, 5) is 24.8. The Bertz CT molecular complexity index is 690. The van der Waals surface area contributed by atoms with Gasteiger partial charge in [-0.25, -0.2) is 4.79 Å². The first kappa shape index (κ1) is 19.5. The molecule has 1 aliphatic rings. The predicted molar refractivity (Wildman–Crippen MR) is 87.3 cm³/mol. The number of carbonyl (C=O) groups excluding carboxylic acids is 1. The summed E-state index contributed by atoms with van der Waals surface area (Å²) in [6.07, 6.45) is 0.332. The number of carbonyl (C=O) groups is 2. The lowest BCUT2D eigenvalue weighted by molar-refractivity contribution is -0.147. The number of nitrogens with zero attached hydrogens (tertiary/aromatic N) is 1. The number of likely N-dealkylation sites (tertiary alicyclic amines) is 1. The third kappa shape index (κ3) is 4.64. The number of rotatable bonds is 5. The molecule has 0 radical (unpaired) electrons. The topological polar surface area (TPSA) is 78.9 Å². The highest BCUT2D eigenvalue weighted by Gasteiger charge is 2.42. The molecule has 1 heterocycles. The molecule has 1 aromatic rings. The van der Waals surface area contributed by atoms with E-state index in [1.165, 1.54) is 17.0 Å². The molecule has 25 heavy (non-hydrogen) atoms. The summed E-state index contributed by atoms with van der Waals surface area (Å²) < 4.78 is 29.4. The smallest absolute Gasteiger partial charge is 0.387 e. The van der Waals surface area contributed by atoms with Crippen LogP contribution in [0.3, 0.4) is 0 Å². The molecule has 1 saturated heterocycles. The van der Waals surface area contributed by atoms with Gasteiger partial charge in [0, 0.05) is 30.2 Å². The maximum Gasteiger partial charge on any atom is 0.387 e. The van der Waals surface area contributed by atoms with Crippen molar-refractivity contribution in [2.75, 3.05) is 13.1 Å². The average molecular weight is 397 g/mol. The highest BCUT2D eigenvalue weighted by molar-refractivity contribution is 6.35. The van der Waals surface area contributed by atoms with Crippen molar-refractivity contribution < 1.29 is 28.2 Å². The first-order valence-corrected chi connectivity index (χ1v) is 8.07. The number of carboxylic acids is 1. The first-order valence-electron chi connectivity index (χ1n) is 7.31. The van der Waals surface area contributed by atoms with E-state index in [1.807, 2.05) is 0 Å². The molecule has 10 heteroatoms. The minimum Gasteiger partial charge on any atom is -0.481 e. The van der Waals surface area contributed by atoms with Gasteiger partial charge in [0.25, 0.3) is 0 Å². The molecule has 0 spiro atoms. The Morgan fingerprint density at radius 1 is 1.44 bits per heavy atom. The van der Waals surface area contributed by atoms with Crippen LogP contribution in [0.15, 0.2) is 12.1 Å². The summed E-state index contributed by atoms with van der Waals surface area (Å²) in [6.45, 7) is -1.33. The number of aliphatic carboxylic acids is 1. The molecule has 1 aliphatic heterocycles. The molecule has 2 rings (SSSR count). The van der Waals surface area contributed by atoms with Crippen LogP contribution in [0.2, 0.25) is 10.0 Å². The van der Waals surface area contributed by atoms with Crippen molar-refractivity contribution in [3.8, 4) is 5.75 Å². The number of amides is 2. The largest absolute Gasteiger partial charge is 0.481 e. The molecule has 138 valence electrons. The van der Waals surface area contributed by atoms with Gasteiger partial charge in [0.2, 0.25) is 0 Å². The molecule has 0 saturated carbocycles. The van der Waals surface area contributed by atoms with E-state index in [2.05, 4.69) is 10.1 Å². The molecule has 2 amide bonds. The maximum absolute atomic E-state index is 12.5. The van der Waals surface area contributed by atoms with E-state index in [0.717, 1.165) is 0 Å². The zero-order valence-corrected chi connectivity index (χ0v) is 14.7. The lowest BCUT2D eigenvalue weighted by atomic mass is 9.90. The van der Waals surface area contributed by atoms with Gasteiger partial charge in [-0.05, 0) is 25.5 Å². The Morgan fingerprint density at radius 3 is 2.68 bits per heavy atom. The SMILES string of the molecule is CC1(C(=O)O)CCN(C(=O)NCc2cc(Cl)cc(Cl)c2OC(F)F)C1. The molecule has 2 N–H and O–H groups in total. The fourth-order valence-electron chi connectivity index (χ4n) is 2.56. The second-order valence-electron chi connectivity index (χ2n) is 5.95. The van der Waals surface area contributed by atoms with Crippen molar-refractivity contribution >= 4 is 35.2 Å². The Hall–Kier alpha value is -1.80. The average Bonchev–Trinajstić information content (AvgIpc) is 2.91. The summed E-state index contributed by atoms with van der Waals surface area (Å²) in [5, 5.41) is 11.8. The van der Waals surface area contributed by atoms with E-state index < -0.39 is 24.0 Å². The molecule has 1 aromatic carbocycles. The van der Waals surface area contributed by atoms with Gasteiger partial charge >= 0.3 is 18.6 Å². The van der Waals surface area contributed by atoms with Crippen LogP contribution >= 0.6 is 23.2 Å². The van der Waals surface area contributed by atoms with Gasteiger partial charge in [-0.1, -0.05) is 23.2 Å². The summed E-state index contributed by atoms with van der Waals surface area (Å²) in [7, 11) is 0. The summed E-state index contributed by atoms with van der Waals surface area (Å²) in [5.74, 6) is -1.24. The molecule has 1 atom stereocenters.